The second-order valence-corrected chi connectivity index (χ2v) is 38.2. The Kier molecular flexibility index (Phi) is 46.6. The summed E-state index contributed by atoms with van der Waals surface area (Å²) >= 11 is 0.984. The Morgan fingerprint density at radius 3 is 1.93 bits per heavy atom. The first-order chi connectivity index (χ1) is 66.6. The minimum absolute atomic E-state index is 0.0203. The van der Waals surface area contributed by atoms with Gasteiger partial charge >= 0.3 is 47.9 Å². The number of aliphatic carboxylic acids is 5. The molecule has 141 heavy (non-hydrogen) atoms. The van der Waals surface area contributed by atoms with E-state index in [0.29, 0.717) is 42.8 Å². The van der Waals surface area contributed by atoms with E-state index in [-0.39, 0.29) is 102 Å². The number of carboxylic acids is 5. The first kappa shape index (κ1) is 116. The molecule has 50 nitrogen and oxygen atoms in total. The van der Waals surface area contributed by atoms with E-state index < -0.39 is 254 Å². The predicted molar refractivity (Wildman–Crippen MR) is 510 cm³/mol. The van der Waals surface area contributed by atoms with Crippen LogP contribution in [0.25, 0.3) is 11.2 Å². The van der Waals surface area contributed by atoms with Crippen molar-refractivity contribution in [1.82, 2.24) is 93.4 Å². The summed E-state index contributed by atoms with van der Waals surface area (Å²) in [6.45, 7) is 14.2. The topological polar surface area (TPSA) is 767 Å². The highest BCUT2D eigenvalue weighted by Gasteiger charge is 2.44. The predicted octanol–water partition coefficient (Wildman–Crippen LogP) is 1.77. The number of anilines is 2. The summed E-state index contributed by atoms with van der Waals surface area (Å²) < 4.78 is 15.3. The maximum Gasteiger partial charge on any atom is 0.426 e. The SMILES string of the molecule is CCCC(=O)OCN(C(=O)[C@@H](NC(=O)[C@H]1CCCCN1C)C(C)CC)[C@H](C[C@@H](OC(C)=O)c1nc(C(=O)N[C@@H](Cc2ccc(O)cc2)C[C@H](C)C(=O)NNC(=O)OCCSSC(C)(C)C(NC(=O)[C@@H](CC(=O)O)NC(=O)[C@@H](CC(=O)O)NC(=O)[C@@H](CCCNC(=N)N)NC(=O)[C@@H](CCC(=O)O)NC(=O)CC[C@@H](NC(=O)c2ccc(NCc3cnc4nc(N)[nH]c(=O)c4n3)cc2)C(=O)O)C(=O)O)cs1)C(C)C. The van der Waals surface area contributed by atoms with E-state index in [2.05, 4.69) is 83.6 Å². The van der Waals surface area contributed by atoms with Crippen LogP contribution in [0.1, 0.15) is 208 Å². The highest BCUT2D eigenvalue weighted by atomic mass is 33.1. The van der Waals surface area contributed by atoms with Gasteiger partial charge in [-0.1, -0.05) is 88.1 Å². The molecule has 1 saturated heterocycles. The molecule has 13 atom stereocenters. The maximum atomic E-state index is 15.1. The van der Waals surface area contributed by atoms with Crippen molar-refractivity contribution < 1.29 is 131 Å². The number of thiazole rings is 1. The van der Waals surface area contributed by atoms with Crippen LogP contribution in [0.3, 0.4) is 0 Å². The summed E-state index contributed by atoms with van der Waals surface area (Å²) in [7, 11) is 3.60. The second-order valence-electron chi connectivity index (χ2n) is 34.2. The van der Waals surface area contributed by atoms with Gasteiger partial charge in [-0.2, -0.15) is 4.98 Å². The number of amides is 11. The first-order valence-corrected chi connectivity index (χ1v) is 48.3. The standard InChI is InChI=1S/C88H124N22O28S3/c1-11-16-67(120)137-43-110(82(130)68(45(5)12-2)103-79(128)60-18-13-14-32-109(60)10)61(44(3)4)39-62(138-47(7)111)81-102-59(42-139-81)78(127)96-51(36-48-19-25-53(112)26-20-48)35-46(6)72(121)107-108-87(135)136-33-34-140-141-88(8,9)70(84(133)134)104-77(126)58(38-66(118)119)101-76(125)57(37-65(116)117)100-74(123)54(17-15-31-92-85(89)90)98-75(124)55(28-30-64(114)115)97-63(113)29-27-56(83(131)132)99-73(122)49-21-23-50(24-22-49)93-40-52-41-94-71-69(95-52)80(129)106-86(91)105-71/h19-26,41-42,44-46,51,54-58,60-62,68,70,93,112H,11-18,27-40,43H2,1-10H3,(H,96,127)(H,97,113)(H,98,124)(H,99,122)(H,100,123)(H,101,125)(H,103,128)(H,104,126)(H,107,121)(H,108,135)(H,114,115)(H,116,117)(H,118,119)(H,131,132)(H,133,134)(H4,89,90,92)(H3,91,94,105,106,129)/t45?,46-,51+,54+,55+,56+,57+,58+,60+,61+,62+,68-,70?/m0/s1. The number of esters is 2. The number of phenols is 1. The molecule has 11 amide bonds. The number of hydrogen-bond acceptors (Lipinski definition) is 34. The van der Waals surface area contributed by atoms with E-state index in [1.54, 1.807) is 19.1 Å². The molecule has 4 heterocycles. The van der Waals surface area contributed by atoms with Crippen LogP contribution >= 0.6 is 32.9 Å². The van der Waals surface area contributed by atoms with Crippen molar-refractivity contribution in [2.24, 2.45) is 23.5 Å². The molecule has 3 aromatic heterocycles. The number of aromatic hydroxyl groups is 1. The number of guanidine groups is 1. The lowest BCUT2D eigenvalue weighted by molar-refractivity contribution is -0.161. The summed E-state index contributed by atoms with van der Waals surface area (Å²) in [5, 5.41) is 93.9. The minimum atomic E-state index is -2.23. The number of aromatic nitrogens is 5. The average molecular weight is 2030 g/mol. The number of benzene rings is 2. The maximum absolute atomic E-state index is 15.1. The summed E-state index contributed by atoms with van der Waals surface area (Å²) in [6.07, 6.45) is -3.68. The number of hydrazine groups is 1. The molecular weight excluding hydrogens is 1910 g/mol. The lowest BCUT2D eigenvalue weighted by atomic mass is 9.92. The van der Waals surface area contributed by atoms with Gasteiger partial charge in [0.25, 0.3) is 17.4 Å². The molecule has 6 rings (SSSR count). The number of nitrogens with one attached hydrogen (secondary N) is 14. The van der Waals surface area contributed by atoms with Crippen LogP contribution in [0.15, 0.2) is 64.9 Å². The van der Waals surface area contributed by atoms with Crippen LogP contribution in [-0.4, -0.2) is 283 Å². The normalized spacial score (nSPS) is 15.1. The number of aromatic amines is 1. The number of likely N-dealkylation sites (N-methyl/N-ethyl adjacent to an activating group) is 1. The zero-order valence-corrected chi connectivity index (χ0v) is 81.8. The van der Waals surface area contributed by atoms with E-state index in [0.717, 1.165) is 45.8 Å². The zero-order chi connectivity index (χ0) is 105. The van der Waals surface area contributed by atoms with Gasteiger partial charge in [0.1, 0.15) is 65.4 Å². The van der Waals surface area contributed by atoms with Crippen molar-refractivity contribution in [2.45, 2.75) is 249 Å². The Labute approximate surface area is 821 Å². The summed E-state index contributed by atoms with van der Waals surface area (Å²) in [6, 6.07) is -3.29. The van der Waals surface area contributed by atoms with Crippen molar-refractivity contribution in [2.75, 3.05) is 50.3 Å². The highest BCUT2D eigenvalue weighted by molar-refractivity contribution is 8.77. The van der Waals surface area contributed by atoms with Crippen molar-refractivity contribution in [1.29, 1.82) is 5.41 Å². The Morgan fingerprint density at radius 2 is 1.33 bits per heavy atom. The molecule has 772 valence electrons. The number of nitrogens with two attached hydrogens (primary N) is 2. The minimum Gasteiger partial charge on any atom is -0.508 e. The van der Waals surface area contributed by atoms with E-state index in [1.165, 1.54) is 80.6 Å². The molecule has 53 heteroatoms. The fourth-order valence-electron chi connectivity index (χ4n) is 14.5. The number of fused-ring (bicyclic) bond motifs is 1. The highest BCUT2D eigenvalue weighted by Crippen LogP contribution is 2.39. The van der Waals surface area contributed by atoms with Gasteiger partial charge in [-0.3, -0.25) is 97.4 Å². The number of nitrogens with zero attached hydrogens (tertiary/aromatic N) is 6. The summed E-state index contributed by atoms with van der Waals surface area (Å²) in [5.41, 5.74) is 16.0. The van der Waals surface area contributed by atoms with Gasteiger partial charge in [-0.25, -0.2) is 34.8 Å². The lowest BCUT2D eigenvalue weighted by Crippen LogP contribution is -2.60. The van der Waals surface area contributed by atoms with Gasteiger partial charge in [-0.15, -0.1) is 11.3 Å². The first-order valence-electron chi connectivity index (χ1n) is 45.1. The summed E-state index contributed by atoms with van der Waals surface area (Å²) in [5.74, 6) is -22.0. The smallest absolute Gasteiger partial charge is 0.426 e. The molecular formula is C88H124N22O28S3. The fraction of sp³-hybridized carbons (Fsp3) is 0.545. The van der Waals surface area contributed by atoms with Gasteiger partial charge in [0, 0.05) is 79.5 Å². The zero-order valence-electron chi connectivity index (χ0n) is 79.3. The Morgan fingerprint density at radius 1 is 0.702 bits per heavy atom. The van der Waals surface area contributed by atoms with Crippen molar-refractivity contribution >= 4 is 169 Å². The van der Waals surface area contributed by atoms with Crippen LogP contribution in [-0.2, 0) is 99.1 Å². The molecule has 24 N–H and O–H groups in total. The van der Waals surface area contributed by atoms with Gasteiger partial charge < -0.3 is 114 Å². The van der Waals surface area contributed by atoms with Crippen molar-refractivity contribution in [3.05, 3.63) is 98.0 Å². The van der Waals surface area contributed by atoms with Gasteiger partial charge in [-0.05, 0) is 139 Å². The molecule has 0 aliphatic carbocycles. The number of hydrogen-bond donors (Lipinski definition) is 22. The van der Waals surface area contributed by atoms with Gasteiger partial charge in [0.05, 0.1) is 42.1 Å². The molecule has 0 radical (unpaired) electrons. The van der Waals surface area contributed by atoms with Crippen molar-refractivity contribution in [3.63, 3.8) is 0 Å². The summed E-state index contributed by atoms with van der Waals surface area (Å²) in [4.78, 5) is 276. The van der Waals surface area contributed by atoms with Gasteiger partial charge in [0.15, 0.2) is 30.0 Å². The Balaban J connectivity index is 1.04. The number of carbonyl (C=O) groups excluding carboxylic acids is 13. The molecule has 1 fully saturated rings. The number of rotatable bonds is 58. The number of likely N-dealkylation sites (tertiary alicyclic amines) is 1. The number of phenolic OH excluding ortho intramolecular Hbond substituents is 1. The molecule has 1 aliphatic heterocycles. The third kappa shape index (κ3) is 38.9. The number of nitrogen functional groups attached to an aromatic ring is 1. The largest absolute Gasteiger partial charge is 0.508 e. The molecule has 2 unspecified atom stereocenters. The van der Waals surface area contributed by atoms with Gasteiger partial charge in [0.2, 0.25) is 53.2 Å². The number of carboxylic acid groups (broad SMARTS) is 5. The molecule has 2 aromatic carbocycles. The van der Waals surface area contributed by atoms with E-state index in [1.807, 2.05) is 45.0 Å². The average Bonchev–Trinajstić information content (AvgIpc) is 1.73. The lowest BCUT2D eigenvalue weighted by Gasteiger charge is -2.39. The molecule has 1 aliphatic rings. The number of carbonyl (C=O) groups is 18. The van der Waals surface area contributed by atoms with Crippen LogP contribution in [0.2, 0.25) is 0 Å². The van der Waals surface area contributed by atoms with Crippen LogP contribution in [0.5, 0.6) is 5.75 Å². The van der Waals surface area contributed by atoms with Crippen molar-refractivity contribution in [3.8, 4) is 5.75 Å². The Hall–Kier alpha value is -14.1. The number of piperidine rings is 1. The van der Waals surface area contributed by atoms with E-state index in [9.17, 15) is 117 Å². The van der Waals surface area contributed by atoms with Crippen LogP contribution < -0.4 is 81.0 Å². The molecule has 0 saturated carbocycles. The van der Waals surface area contributed by atoms with E-state index in [4.69, 9.17) is 31.1 Å². The monoisotopic (exact) mass is 2030 g/mol. The molecule has 5 aromatic rings. The molecule has 0 spiro atoms. The van der Waals surface area contributed by atoms with E-state index >= 15 is 4.79 Å². The number of ether oxygens (including phenoxy) is 3. The van der Waals surface area contributed by atoms with Crippen LogP contribution in [0, 0.1) is 23.2 Å². The second kappa shape index (κ2) is 56.8. The third-order valence-electron chi connectivity index (χ3n) is 22.3. The Bertz CT molecular complexity index is 5310. The van der Waals surface area contributed by atoms with Crippen LogP contribution in [0.4, 0.5) is 16.4 Å². The third-order valence-corrected chi connectivity index (χ3v) is 26.5. The molecule has 0 bridgehead atoms. The number of H-pyrrole nitrogens is 1. The quantitative estimate of drug-likeness (QED) is 0.00385. The fourth-order valence-corrected chi connectivity index (χ4v) is 17.8.